The molecule has 1 aliphatic rings. The van der Waals surface area contributed by atoms with Crippen LogP contribution in [0.15, 0.2) is 61.3 Å². The normalized spacial score (nSPS) is 14.6. The van der Waals surface area contributed by atoms with E-state index in [1.54, 1.807) is 0 Å². The summed E-state index contributed by atoms with van der Waals surface area (Å²) in [5, 5.41) is 0. The van der Waals surface area contributed by atoms with E-state index >= 15 is 0 Å². The van der Waals surface area contributed by atoms with E-state index in [0.29, 0.717) is 0 Å². The Labute approximate surface area is 181 Å². The maximum atomic E-state index is 4.90. The molecular weight excluding hydrogens is 362 g/mol. The van der Waals surface area contributed by atoms with Crippen molar-refractivity contribution >= 4 is 12.2 Å². The van der Waals surface area contributed by atoms with Crippen molar-refractivity contribution in [3.63, 3.8) is 0 Å². The summed E-state index contributed by atoms with van der Waals surface area (Å²) in [4.78, 5) is 4.90. The van der Waals surface area contributed by atoms with Crippen LogP contribution in [0.4, 0.5) is 0 Å². The van der Waals surface area contributed by atoms with Gasteiger partial charge in [-0.25, -0.2) is 0 Å². The van der Waals surface area contributed by atoms with Gasteiger partial charge in [-0.05, 0) is 63.4 Å². The molecule has 0 saturated carbocycles. The van der Waals surface area contributed by atoms with Crippen molar-refractivity contribution in [2.75, 3.05) is 0 Å². The second-order valence-electron chi connectivity index (χ2n) is 9.73. The first-order valence-corrected chi connectivity index (χ1v) is 10.7. The van der Waals surface area contributed by atoms with Crippen LogP contribution in [0.2, 0.25) is 0 Å². The van der Waals surface area contributed by atoms with Crippen LogP contribution in [0.25, 0.3) is 34.5 Å². The molecule has 0 spiro atoms. The average Bonchev–Trinajstić information content (AvgIpc) is 2.95. The Kier molecular flexibility index (Phi) is 4.81. The van der Waals surface area contributed by atoms with Crippen molar-refractivity contribution in [1.82, 2.24) is 4.98 Å². The van der Waals surface area contributed by atoms with Crippen LogP contribution in [0.5, 0.6) is 0 Å². The summed E-state index contributed by atoms with van der Waals surface area (Å²) >= 11 is 0. The van der Waals surface area contributed by atoms with Crippen LogP contribution in [-0.2, 0) is 10.8 Å². The molecule has 1 heterocycles. The highest BCUT2D eigenvalue weighted by atomic mass is 14.7. The maximum absolute atomic E-state index is 4.90. The maximum Gasteiger partial charge on any atom is 0.0749 e. The standard InChI is InChI=1S/C29H31N/c1-8-11-19-14-15-23-24-16-17-30-27(20-12-10-13-21(18-20)28(3,4)5)26(24)29(6,7)25(23)22(19)9-2/h8-18H,2H2,1,3-7H3/b11-8-. The number of nitrogens with zero attached hydrogens (tertiary/aromatic N) is 1. The molecule has 0 unspecified atom stereocenters. The van der Waals surface area contributed by atoms with Crippen LogP contribution in [0.3, 0.4) is 0 Å². The summed E-state index contributed by atoms with van der Waals surface area (Å²) in [5.74, 6) is 0. The smallest absolute Gasteiger partial charge is 0.0749 e. The van der Waals surface area contributed by atoms with Crippen molar-refractivity contribution in [3.8, 4) is 22.4 Å². The first-order valence-electron chi connectivity index (χ1n) is 10.7. The number of hydrogen-bond donors (Lipinski definition) is 0. The number of fused-ring (bicyclic) bond motifs is 3. The molecule has 0 atom stereocenters. The monoisotopic (exact) mass is 393 g/mol. The summed E-state index contributed by atoms with van der Waals surface area (Å²) in [5.41, 5.74) is 11.2. The zero-order chi connectivity index (χ0) is 21.7. The molecule has 0 aliphatic heterocycles. The Balaban J connectivity index is 2.00. The van der Waals surface area contributed by atoms with E-state index in [2.05, 4.69) is 103 Å². The molecule has 1 aliphatic carbocycles. The third-order valence-electron chi connectivity index (χ3n) is 6.32. The molecule has 0 amide bonds. The molecular formula is C29H31N. The van der Waals surface area contributed by atoms with Gasteiger partial charge in [0.25, 0.3) is 0 Å². The molecule has 1 heteroatoms. The minimum absolute atomic E-state index is 0.101. The molecule has 0 fully saturated rings. The Hall–Kier alpha value is -2.93. The fraction of sp³-hybridized carbons (Fsp3) is 0.276. The molecule has 3 aromatic rings. The van der Waals surface area contributed by atoms with Gasteiger partial charge in [0, 0.05) is 17.2 Å². The van der Waals surface area contributed by atoms with Crippen LogP contribution >= 0.6 is 0 Å². The van der Waals surface area contributed by atoms with Crippen molar-refractivity contribution < 1.29 is 0 Å². The third kappa shape index (κ3) is 3.04. The molecule has 30 heavy (non-hydrogen) atoms. The quantitative estimate of drug-likeness (QED) is 0.439. The molecule has 0 radical (unpaired) electrons. The second kappa shape index (κ2) is 7.09. The van der Waals surface area contributed by atoms with Gasteiger partial charge in [-0.3, -0.25) is 4.98 Å². The highest BCUT2D eigenvalue weighted by Crippen LogP contribution is 2.53. The molecule has 2 aromatic carbocycles. The van der Waals surface area contributed by atoms with Crippen molar-refractivity contribution in [2.24, 2.45) is 0 Å². The Bertz CT molecular complexity index is 1170. The molecule has 4 rings (SSSR count). The number of hydrogen-bond acceptors (Lipinski definition) is 1. The van der Waals surface area contributed by atoms with Crippen LogP contribution in [-0.4, -0.2) is 4.98 Å². The van der Waals surface area contributed by atoms with Gasteiger partial charge in [0.2, 0.25) is 0 Å². The number of allylic oxidation sites excluding steroid dienone is 1. The summed E-state index contributed by atoms with van der Waals surface area (Å²) in [7, 11) is 0. The summed E-state index contributed by atoms with van der Waals surface area (Å²) in [6, 6.07) is 15.5. The van der Waals surface area contributed by atoms with Crippen molar-refractivity contribution in [2.45, 2.75) is 52.4 Å². The predicted octanol–water partition coefficient (Wildman–Crippen LogP) is 8.03. The molecule has 1 nitrogen and oxygen atoms in total. The van der Waals surface area contributed by atoms with Crippen molar-refractivity contribution in [3.05, 3.63) is 89.1 Å². The van der Waals surface area contributed by atoms with Crippen LogP contribution in [0, 0.1) is 0 Å². The molecule has 152 valence electrons. The van der Waals surface area contributed by atoms with Gasteiger partial charge < -0.3 is 0 Å². The minimum Gasteiger partial charge on any atom is -0.256 e. The van der Waals surface area contributed by atoms with Gasteiger partial charge in [0.15, 0.2) is 0 Å². The third-order valence-corrected chi connectivity index (χ3v) is 6.32. The fourth-order valence-electron chi connectivity index (χ4n) is 4.87. The predicted molar refractivity (Wildman–Crippen MR) is 131 cm³/mol. The molecule has 1 aromatic heterocycles. The summed E-state index contributed by atoms with van der Waals surface area (Å²) < 4.78 is 0. The van der Waals surface area contributed by atoms with Gasteiger partial charge in [-0.1, -0.05) is 89.8 Å². The lowest BCUT2D eigenvalue weighted by molar-refractivity contribution is 0.590. The first kappa shape index (κ1) is 20.3. The van der Waals surface area contributed by atoms with Gasteiger partial charge in [-0.2, -0.15) is 0 Å². The van der Waals surface area contributed by atoms with Gasteiger partial charge in [0.05, 0.1) is 5.69 Å². The summed E-state index contributed by atoms with van der Waals surface area (Å²) in [6.45, 7) is 17.6. The number of pyridine rings is 1. The topological polar surface area (TPSA) is 12.9 Å². The Morgan fingerprint density at radius 1 is 0.967 bits per heavy atom. The van der Waals surface area contributed by atoms with E-state index in [9.17, 15) is 0 Å². The lowest BCUT2D eigenvalue weighted by atomic mass is 9.77. The fourth-order valence-corrected chi connectivity index (χ4v) is 4.87. The highest BCUT2D eigenvalue weighted by molar-refractivity contribution is 5.90. The molecule has 0 bridgehead atoms. The van der Waals surface area contributed by atoms with E-state index in [1.807, 2.05) is 12.3 Å². The average molecular weight is 394 g/mol. The zero-order valence-electron chi connectivity index (χ0n) is 19.0. The number of rotatable bonds is 3. The van der Waals surface area contributed by atoms with E-state index in [1.165, 1.54) is 44.5 Å². The largest absolute Gasteiger partial charge is 0.256 e. The number of benzene rings is 2. The first-order chi connectivity index (χ1) is 14.2. The van der Waals surface area contributed by atoms with E-state index in [0.717, 1.165) is 5.69 Å². The zero-order valence-corrected chi connectivity index (χ0v) is 19.0. The molecule has 0 N–H and O–H groups in total. The number of aromatic nitrogens is 1. The van der Waals surface area contributed by atoms with Crippen LogP contribution in [0.1, 0.15) is 69.4 Å². The van der Waals surface area contributed by atoms with E-state index in [-0.39, 0.29) is 10.8 Å². The van der Waals surface area contributed by atoms with Crippen LogP contribution < -0.4 is 0 Å². The van der Waals surface area contributed by atoms with E-state index < -0.39 is 0 Å². The van der Waals surface area contributed by atoms with Crippen molar-refractivity contribution in [1.29, 1.82) is 0 Å². The lowest BCUT2D eigenvalue weighted by Gasteiger charge is -2.26. The lowest BCUT2D eigenvalue weighted by Crippen LogP contribution is -2.19. The minimum atomic E-state index is -0.160. The van der Waals surface area contributed by atoms with Gasteiger partial charge >= 0.3 is 0 Å². The second-order valence-corrected chi connectivity index (χ2v) is 9.73. The van der Waals surface area contributed by atoms with Gasteiger partial charge in [0.1, 0.15) is 0 Å². The van der Waals surface area contributed by atoms with E-state index in [4.69, 9.17) is 4.98 Å². The Morgan fingerprint density at radius 3 is 2.37 bits per heavy atom. The van der Waals surface area contributed by atoms with Gasteiger partial charge in [-0.15, -0.1) is 0 Å². The molecule has 0 saturated heterocycles. The SMILES string of the molecule is C=Cc1c(/C=C\C)ccc2c1C(C)(C)c1c-2ccnc1-c1cccc(C(C)(C)C)c1. The highest BCUT2D eigenvalue weighted by Gasteiger charge is 2.40. The summed E-state index contributed by atoms with van der Waals surface area (Å²) in [6.07, 6.45) is 8.22. The Morgan fingerprint density at radius 2 is 1.70 bits per heavy atom.